The number of aryl methyl sites for hydroxylation is 1. The van der Waals surface area contributed by atoms with Crippen molar-refractivity contribution < 1.29 is 0 Å². The standard InChI is InChI=1S/C18H25N3/c1-20-18(11-13-19-20)15-21(17-9-5-6-10-17)14-12-16-7-3-2-4-8-16/h2-4,7-8,11,13,17H,5-6,9-10,12,14-15H2,1H3. The molecule has 0 bridgehead atoms. The molecule has 1 heterocycles. The summed E-state index contributed by atoms with van der Waals surface area (Å²) in [5.74, 6) is 0. The quantitative estimate of drug-likeness (QED) is 0.810. The fourth-order valence-corrected chi connectivity index (χ4v) is 3.34. The zero-order valence-electron chi connectivity index (χ0n) is 12.9. The second-order valence-corrected chi connectivity index (χ2v) is 6.09. The van der Waals surface area contributed by atoms with Gasteiger partial charge >= 0.3 is 0 Å². The SMILES string of the molecule is Cn1nccc1CN(CCc1ccccc1)C1CCCC1. The molecule has 3 nitrogen and oxygen atoms in total. The van der Waals surface area contributed by atoms with E-state index in [0.717, 1.165) is 25.6 Å². The van der Waals surface area contributed by atoms with E-state index in [4.69, 9.17) is 0 Å². The average molecular weight is 283 g/mol. The monoisotopic (exact) mass is 283 g/mol. The lowest BCUT2D eigenvalue weighted by Gasteiger charge is -2.28. The molecule has 0 N–H and O–H groups in total. The summed E-state index contributed by atoms with van der Waals surface area (Å²) in [6.07, 6.45) is 8.52. The number of hydrogen-bond donors (Lipinski definition) is 0. The maximum absolute atomic E-state index is 4.30. The Morgan fingerprint density at radius 3 is 2.57 bits per heavy atom. The highest BCUT2D eigenvalue weighted by molar-refractivity contribution is 5.15. The van der Waals surface area contributed by atoms with Crippen LogP contribution in [0, 0.1) is 0 Å². The predicted molar refractivity (Wildman–Crippen MR) is 86.0 cm³/mol. The normalized spacial score (nSPS) is 15.9. The number of aromatic nitrogens is 2. The molecule has 1 saturated carbocycles. The van der Waals surface area contributed by atoms with Gasteiger partial charge in [-0.25, -0.2) is 0 Å². The van der Waals surface area contributed by atoms with Crippen molar-refractivity contribution in [2.75, 3.05) is 6.54 Å². The Hall–Kier alpha value is -1.61. The highest BCUT2D eigenvalue weighted by Crippen LogP contribution is 2.25. The van der Waals surface area contributed by atoms with Crippen LogP contribution in [0.2, 0.25) is 0 Å². The average Bonchev–Trinajstić information content (AvgIpc) is 3.17. The van der Waals surface area contributed by atoms with Gasteiger partial charge in [-0.05, 0) is 30.9 Å². The van der Waals surface area contributed by atoms with Crippen LogP contribution in [0.4, 0.5) is 0 Å². The van der Waals surface area contributed by atoms with Crippen molar-refractivity contribution in [3.63, 3.8) is 0 Å². The molecule has 112 valence electrons. The van der Waals surface area contributed by atoms with Crippen LogP contribution in [-0.2, 0) is 20.0 Å². The van der Waals surface area contributed by atoms with Crippen molar-refractivity contribution in [1.29, 1.82) is 0 Å². The summed E-state index contributed by atoms with van der Waals surface area (Å²) in [5.41, 5.74) is 2.75. The van der Waals surface area contributed by atoms with E-state index in [2.05, 4.69) is 46.4 Å². The molecule has 1 aliphatic carbocycles. The molecule has 1 aromatic carbocycles. The van der Waals surface area contributed by atoms with E-state index in [-0.39, 0.29) is 0 Å². The number of rotatable bonds is 6. The Bertz CT molecular complexity index is 541. The van der Waals surface area contributed by atoms with Gasteiger partial charge in [0.2, 0.25) is 0 Å². The zero-order valence-corrected chi connectivity index (χ0v) is 12.9. The third-order valence-corrected chi connectivity index (χ3v) is 4.66. The van der Waals surface area contributed by atoms with E-state index in [9.17, 15) is 0 Å². The molecule has 21 heavy (non-hydrogen) atoms. The van der Waals surface area contributed by atoms with Crippen molar-refractivity contribution in [3.8, 4) is 0 Å². The highest BCUT2D eigenvalue weighted by atomic mass is 15.3. The lowest BCUT2D eigenvalue weighted by atomic mass is 10.1. The molecule has 0 spiro atoms. The van der Waals surface area contributed by atoms with E-state index in [1.54, 1.807) is 0 Å². The first-order valence-corrected chi connectivity index (χ1v) is 8.08. The summed E-state index contributed by atoms with van der Waals surface area (Å²) >= 11 is 0. The van der Waals surface area contributed by atoms with Gasteiger partial charge in [-0.1, -0.05) is 43.2 Å². The van der Waals surface area contributed by atoms with Crippen LogP contribution in [-0.4, -0.2) is 27.3 Å². The minimum Gasteiger partial charge on any atom is -0.294 e. The number of nitrogens with zero attached hydrogens (tertiary/aromatic N) is 3. The van der Waals surface area contributed by atoms with Crippen LogP contribution < -0.4 is 0 Å². The Balaban J connectivity index is 1.65. The highest BCUT2D eigenvalue weighted by Gasteiger charge is 2.23. The lowest BCUT2D eigenvalue weighted by Crippen LogP contribution is -2.35. The molecular formula is C18H25N3. The molecule has 0 atom stereocenters. The van der Waals surface area contributed by atoms with Gasteiger partial charge in [-0.15, -0.1) is 0 Å². The van der Waals surface area contributed by atoms with Gasteiger partial charge in [-0.2, -0.15) is 5.10 Å². The van der Waals surface area contributed by atoms with Gasteiger partial charge in [0.05, 0.1) is 5.69 Å². The summed E-state index contributed by atoms with van der Waals surface area (Å²) in [5, 5.41) is 4.30. The molecule has 0 radical (unpaired) electrons. The summed E-state index contributed by atoms with van der Waals surface area (Å²) < 4.78 is 2.00. The van der Waals surface area contributed by atoms with Gasteiger partial charge < -0.3 is 0 Å². The summed E-state index contributed by atoms with van der Waals surface area (Å²) in [6.45, 7) is 2.16. The first-order valence-electron chi connectivity index (χ1n) is 8.08. The first-order chi connectivity index (χ1) is 10.3. The molecule has 0 aliphatic heterocycles. The lowest BCUT2D eigenvalue weighted by molar-refractivity contribution is 0.187. The van der Waals surface area contributed by atoms with Gasteiger partial charge in [0.15, 0.2) is 0 Å². The third kappa shape index (κ3) is 3.73. The molecule has 0 amide bonds. The smallest absolute Gasteiger partial charge is 0.0521 e. The van der Waals surface area contributed by atoms with Crippen molar-refractivity contribution in [3.05, 3.63) is 53.9 Å². The predicted octanol–water partition coefficient (Wildman–Crippen LogP) is 3.41. The third-order valence-electron chi connectivity index (χ3n) is 4.66. The second-order valence-electron chi connectivity index (χ2n) is 6.09. The van der Waals surface area contributed by atoms with Crippen molar-refractivity contribution in [2.45, 2.75) is 44.7 Å². The van der Waals surface area contributed by atoms with Gasteiger partial charge in [0.25, 0.3) is 0 Å². The van der Waals surface area contributed by atoms with Crippen LogP contribution in [0.5, 0.6) is 0 Å². The maximum Gasteiger partial charge on any atom is 0.0521 e. The van der Waals surface area contributed by atoms with E-state index in [0.29, 0.717) is 0 Å². The number of benzene rings is 1. The molecule has 3 heteroatoms. The fraction of sp³-hybridized carbons (Fsp3) is 0.500. The summed E-state index contributed by atoms with van der Waals surface area (Å²) in [6, 6.07) is 13.7. The topological polar surface area (TPSA) is 21.1 Å². The largest absolute Gasteiger partial charge is 0.294 e. The van der Waals surface area contributed by atoms with E-state index in [1.165, 1.54) is 36.9 Å². The van der Waals surface area contributed by atoms with Crippen LogP contribution >= 0.6 is 0 Å². The molecule has 0 saturated heterocycles. The number of hydrogen-bond acceptors (Lipinski definition) is 2. The van der Waals surface area contributed by atoms with Crippen LogP contribution in [0.1, 0.15) is 36.9 Å². The van der Waals surface area contributed by atoms with Crippen molar-refractivity contribution in [1.82, 2.24) is 14.7 Å². The molecule has 3 rings (SSSR count). The minimum atomic E-state index is 0.753. The maximum atomic E-state index is 4.30. The molecule has 1 aromatic heterocycles. The second kappa shape index (κ2) is 6.90. The van der Waals surface area contributed by atoms with E-state index < -0.39 is 0 Å². The molecular weight excluding hydrogens is 258 g/mol. The minimum absolute atomic E-state index is 0.753. The Morgan fingerprint density at radius 2 is 1.90 bits per heavy atom. The van der Waals surface area contributed by atoms with Crippen molar-refractivity contribution >= 4 is 0 Å². The molecule has 2 aromatic rings. The van der Waals surface area contributed by atoms with Crippen LogP contribution in [0.3, 0.4) is 0 Å². The summed E-state index contributed by atoms with van der Waals surface area (Å²) in [4.78, 5) is 2.66. The Labute approximate surface area is 127 Å². The fourth-order valence-electron chi connectivity index (χ4n) is 3.34. The van der Waals surface area contributed by atoms with Crippen LogP contribution in [0.15, 0.2) is 42.6 Å². The molecule has 1 aliphatic rings. The zero-order chi connectivity index (χ0) is 14.5. The summed E-state index contributed by atoms with van der Waals surface area (Å²) in [7, 11) is 2.04. The van der Waals surface area contributed by atoms with Gasteiger partial charge in [0.1, 0.15) is 0 Å². The molecule has 1 fully saturated rings. The van der Waals surface area contributed by atoms with E-state index in [1.807, 2.05) is 17.9 Å². The van der Waals surface area contributed by atoms with Gasteiger partial charge in [0, 0.05) is 32.4 Å². The van der Waals surface area contributed by atoms with Gasteiger partial charge in [-0.3, -0.25) is 9.58 Å². The first kappa shape index (κ1) is 14.3. The molecule has 0 unspecified atom stereocenters. The Kier molecular flexibility index (Phi) is 4.71. The van der Waals surface area contributed by atoms with Crippen LogP contribution in [0.25, 0.3) is 0 Å². The van der Waals surface area contributed by atoms with E-state index >= 15 is 0 Å². The Morgan fingerprint density at radius 1 is 1.14 bits per heavy atom. The van der Waals surface area contributed by atoms with Crippen molar-refractivity contribution in [2.24, 2.45) is 7.05 Å².